The zero-order valence-electron chi connectivity index (χ0n) is 16.8. The Labute approximate surface area is 181 Å². The summed E-state index contributed by atoms with van der Waals surface area (Å²) in [5, 5.41) is 12.6. The molecule has 1 aliphatic rings. The van der Waals surface area contributed by atoms with Crippen molar-refractivity contribution >= 4 is 29.0 Å². The van der Waals surface area contributed by atoms with Crippen molar-refractivity contribution in [2.45, 2.75) is 9.79 Å². The summed E-state index contributed by atoms with van der Waals surface area (Å²) in [5.74, 6) is 0.328. The van der Waals surface area contributed by atoms with Gasteiger partial charge in [0.2, 0.25) is 0 Å². The van der Waals surface area contributed by atoms with Crippen LogP contribution in [0.1, 0.15) is 0 Å². The summed E-state index contributed by atoms with van der Waals surface area (Å²) in [7, 11) is 0. The molecule has 1 saturated heterocycles. The summed E-state index contributed by atoms with van der Waals surface area (Å²) in [6, 6.07) is 25.4. The number of para-hydroxylation sites is 1. The van der Waals surface area contributed by atoms with E-state index in [1.54, 1.807) is 23.9 Å². The van der Waals surface area contributed by atoms with Crippen LogP contribution in [0.15, 0.2) is 88.7 Å². The highest BCUT2D eigenvalue weighted by Crippen LogP contribution is 2.33. The molecule has 4 rings (SSSR count). The van der Waals surface area contributed by atoms with Crippen LogP contribution < -0.4 is 15.1 Å². The average Bonchev–Trinajstić information content (AvgIpc) is 2.77. The van der Waals surface area contributed by atoms with Gasteiger partial charge in [0.1, 0.15) is 5.75 Å². The first-order chi connectivity index (χ1) is 14.7. The number of quaternary nitrogens is 1. The minimum atomic E-state index is 0.0456. The number of aromatic hydroxyl groups is 1. The molecular formula is C24H26N3O2S+. The lowest BCUT2D eigenvalue weighted by Gasteiger charge is -2.33. The number of carbonyl (C=O) groups is 1. The number of hydrogen-bond donors (Lipinski definition) is 3. The molecule has 1 aliphatic heterocycles. The minimum absolute atomic E-state index is 0.0456. The molecule has 0 spiro atoms. The smallest absolute Gasteiger partial charge is 0.279 e. The molecule has 1 fully saturated rings. The fourth-order valence-electron chi connectivity index (χ4n) is 3.62. The molecule has 0 radical (unpaired) electrons. The number of nitrogens with one attached hydrogen (secondary N) is 2. The van der Waals surface area contributed by atoms with Crippen LogP contribution in [-0.4, -0.2) is 43.7 Å². The molecule has 5 nitrogen and oxygen atoms in total. The van der Waals surface area contributed by atoms with Crippen LogP contribution in [0.3, 0.4) is 0 Å². The Morgan fingerprint density at radius 3 is 2.33 bits per heavy atom. The first-order valence-corrected chi connectivity index (χ1v) is 11.0. The van der Waals surface area contributed by atoms with Gasteiger partial charge < -0.3 is 20.2 Å². The summed E-state index contributed by atoms with van der Waals surface area (Å²) >= 11 is 1.66. The number of benzene rings is 3. The van der Waals surface area contributed by atoms with Gasteiger partial charge in [-0.2, -0.15) is 0 Å². The van der Waals surface area contributed by atoms with Crippen molar-refractivity contribution in [2.75, 3.05) is 42.9 Å². The van der Waals surface area contributed by atoms with Gasteiger partial charge >= 0.3 is 0 Å². The number of phenolic OH excluding ortho intramolecular Hbond substituents is 1. The first kappa shape index (κ1) is 20.3. The number of piperazine rings is 1. The zero-order chi connectivity index (χ0) is 20.8. The van der Waals surface area contributed by atoms with E-state index in [9.17, 15) is 9.90 Å². The van der Waals surface area contributed by atoms with E-state index in [1.165, 1.54) is 4.90 Å². The largest absolute Gasteiger partial charge is 0.508 e. The lowest BCUT2D eigenvalue weighted by atomic mass is 10.2. The summed E-state index contributed by atoms with van der Waals surface area (Å²) < 4.78 is 0. The van der Waals surface area contributed by atoms with Crippen LogP contribution in [0.25, 0.3) is 0 Å². The van der Waals surface area contributed by atoms with Crippen molar-refractivity contribution in [3.05, 3.63) is 78.9 Å². The number of rotatable bonds is 6. The Balaban J connectivity index is 1.31. The zero-order valence-corrected chi connectivity index (χ0v) is 17.6. The van der Waals surface area contributed by atoms with Gasteiger partial charge in [-0.25, -0.2) is 0 Å². The van der Waals surface area contributed by atoms with E-state index in [0.717, 1.165) is 47.3 Å². The van der Waals surface area contributed by atoms with Crippen molar-refractivity contribution in [2.24, 2.45) is 0 Å². The lowest BCUT2D eigenvalue weighted by Crippen LogP contribution is -3.15. The van der Waals surface area contributed by atoms with Crippen LogP contribution in [0.5, 0.6) is 5.75 Å². The predicted molar refractivity (Wildman–Crippen MR) is 122 cm³/mol. The first-order valence-electron chi connectivity index (χ1n) is 10.2. The molecule has 3 aromatic carbocycles. The van der Waals surface area contributed by atoms with Crippen molar-refractivity contribution in [3.8, 4) is 5.75 Å². The summed E-state index contributed by atoms with van der Waals surface area (Å²) in [5.41, 5.74) is 1.97. The molecule has 3 aromatic rings. The molecule has 0 atom stereocenters. The number of phenols is 1. The second kappa shape index (κ2) is 9.69. The lowest BCUT2D eigenvalue weighted by molar-refractivity contribution is -0.892. The molecule has 6 heteroatoms. The van der Waals surface area contributed by atoms with Gasteiger partial charge in [0.15, 0.2) is 6.54 Å². The third-order valence-corrected chi connectivity index (χ3v) is 6.31. The van der Waals surface area contributed by atoms with Gasteiger partial charge in [-0.15, -0.1) is 0 Å². The van der Waals surface area contributed by atoms with Gasteiger partial charge in [0.25, 0.3) is 5.91 Å². The molecule has 0 unspecified atom stereocenters. The van der Waals surface area contributed by atoms with Crippen LogP contribution in [0.4, 0.5) is 11.4 Å². The topological polar surface area (TPSA) is 57.0 Å². The van der Waals surface area contributed by atoms with Crippen molar-refractivity contribution in [1.82, 2.24) is 0 Å². The number of anilines is 2. The van der Waals surface area contributed by atoms with E-state index in [-0.39, 0.29) is 11.7 Å². The Bertz CT molecular complexity index is 971. The molecule has 0 saturated carbocycles. The summed E-state index contributed by atoms with van der Waals surface area (Å²) in [6.45, 7) is 4.08. The van der Waals surface area contributed by atoms with Crippen LogP contribution in [-0.2, 0) is 4.79 Å². The normalized spacial score (nSPS) is 14.5. The van der Waals surface area contributed by atoms with Gasteiger partial charge in [0, 0.05) is 15.5 Å². The number of carbonyl (C=O) groups excluding carboxylic acids is 1. The fourth-order valence-corrected chi connectivity index (χ4v) is 4.54. The minimum Gasteiger partial charge on any atom is -0.508 e. The van der Waals surface area contributed by atoms with Crippen LogP contribution in [0, 0.1) is 0 Å². The molecule has 0 aliphatic carbocycles. The van der Waals surface area contributed by atoms with E-state index in [2.05, 4.69) is 22.3 Å². The third-order valence-electron chi connectivity index (χ3n) is 5.23. The maximum atomic E-state index is 12.7. The Morgan fingerprint density at radius 2 is 1.60 bits per heavy atom. The highest BCUT2D eigenvalue weighted by atomic mass is 32.2. The molecule has 0 bridgehead atoms. The summed E-state index contributed by atoms with van der Waals surface area (Å²) in [4.78, 5) is 18.5. The van der Waals surface area contributed by atoms with Crippen molar-refractivity contribution < 1.29 is 14.8 Å². The molecule has 0 aromatic heterocycles. The second-order valence-corrected chi connectivity index (χ2v) is 8.51. The van der Waals surface area contributed by atoms with Crippen LogP contribution in [0.2, 0.25) is 0 Å². The van der Waals surface area contributed by atoms with E-state index in [4.69, 9.17) is 0 Å². The van der Waals surface area contributed by atoms with Crippen molar-refractivity contribution in [1.29, 1.82) is 0 Å². The van der Waals surface area contributed by atoms with Crippen LogP contribution >= 0.6 is 11.8 Å². The Kier molecular flexibility index (Phi) is 6.57. The maximum absolute atomic E-state index is 12.7. The van der Waals surface area contributed by atoms with Gasteiger partial charge in [-0.05, 0) is 48.5 Å². The van der Waals surface area contributed by atoms with E-state index in [0.29, 0.717) is 6.54 Å². The fraction of sp³-hybridized carbons (Fsp3) is 0.208. The SMILES string of the molecule is O=C(C[NH+]1CCN(c2ccc(O)cc2)CC1)Nc1ccccc1Sc1ccccc1. The van der Waals surface area contributed by atoms with Crippen molar-refractivity contribution in [3.63, 3.8) is 0 Å². The highest BCUT2D eigenvalue weighted by molar-refractivity contribution is 7.99. The quantitative estimate of drug-likeness (QED) is 0.574. The van der Waals surface area contributed by atoms with E-state index < -0.39 is 0 Å². The molecular weight excluding hydrogens is 394 g/mol. The van der Waals surface area contributed by atoms with Gasteiger partial charge in [-0.3, -0.25) is 4.79 Å². The average molecular weight is 421 g/mol. The van der Waals surface area contributed by atoms with E-state index in [1.807, 2.05) is 54.6 Å². The predicted octanol–water partition coefficient (Wildman–Crippen LogP) is 2.89. The number of nitrogens with zero attached hydrogens (tertiary/aromatic N) is 1. The van der Waals surface area contributed by atoms with Gasteiger partial charge in [-0.1, -0.05) is 42.1 Å². The molecule has 1 heterocycles. The number of amides is 1. The molecule has 1 amide bonds. The van der Waals surface area contributed by atoms with E-state index >= 15 is 0 Å². The molecule has 30 heavy (non-hydrogen) atoms. The highest BCUT2D eigenvalue weighted by Gasteiger charge is 2.22. The summed E-state index contributed by atoms with van der Waals surface area (Å²) in [6.07, 6.45) is 0. The molecule has 154 valence electrons. The number of hydrogen-bond acceptors (Lipinski definition) is 4. The molecule has 3 N–H and O–H groups in total. The van der Waals surface area contributed by atoms with Gasteiger partial charge in [0.05, 0.1) is 31.9 Å². The Morgan fingerprint density at radius 1 is 0.933 bits per heavy atom. The third kappa shape index (κ3) is 5.34. The second-order valence-electron chi connectivity index (χ2n) is 7.39. The Hall–Kier alpha value is -2.96. The maximum Gasteiger partial charge on any atom is 0.279 e. The monoisotopic (exact) mass is 420 g/mol. The standard InChI is InChI=1S/C24H25N3O2S/c28-20-12-10-19(11-13-20)27-16-14-26(15-17-27)18-24(29)25-22-8-4-5-9-23(22)30-21-6-2-1-3-7-21/h1-13,28H,14-18H2,(H,25,29)/p+1.